The van der Waals surface area contributed by atoms with Gasteiger partial charge in [0.2, 0.25) is 0 Å². The Hall–Kier alpha value is -0.210. The smallest absolute Gasteiger partial charge is 0.0644 e. The maximum Gasteiger partial charge on any atom is 0.0644 e. The first kappa shape index (κ1) is 10.9. The molecular formula is C9H8Cl3N. The lowest BCUT2D eigenvalue weighted by atomic mass is 10.1. The van der Waals surface area contributed by atoms with Gasteiger partial charge in [-0.2, -0.15) is 0 Å². The van der Waals surface area contributed by atoms with Gasteiger partial charge in [-0.25, -0.2) is 0 Å². The van der Waals surface area contributed by atoms with Crippen LogP contribution in [0.1, 0.15) is 11.6 Å². The molecule has 1 aromatic carbocycles. The summed E-state index contributed by atoms with van der Waals surface area (Å²) in [6.07, 6.45) is 1.58. The molecule has 70 valence electrons. The van der Waals surface area contributed by atoms with Gasteiger partial charge in [0.15, 0.2) is 0 Å². The predicted octanol–water partition coefficient (Wildman–Crippen LogP) is 3.83. The Morgan fingerprint density at radius 1 is 1.31 bits per heavy atom. The molecule has 2 N–H and O–H groups in total. The van der Waals surface area contributed by atoms with E-state index in [1.807, 2.05) is 0 Å². The quantitative estimate of drug-likeness (QED) is 0.613. The highest BCUT2D eigenvalue weighted by molar-refractivity contribution is 6.43. The lowest BCUT2D eigenvalue weighted by molar-refractivity contribution is 0.915. The van der Waals surface area contributed by atoms with E-state index in [4.69, 9.17) is 40.5 Å². The molecule has 0 spiro atoms. The molecule has 0 saturated carbocycles. The minimum Gasteiger partial charge on any atom is -0.321 e. The van der Waals surface area contributed by atoms with Gasteiger partial charge in [0.1, 0.15) is 0 Å². The Bertz CT molecular complexity index is 336. The van der Waals surface area contributed by atoms with Crippen molar-refractivity contribution in [3.05, 3.63) is 45.4 Å². The van der Waals surface area contributed by atoms with E-state index in [1.165, 1.54) is 0 Å². The van der Waals surface area contributed by atoms with Crippen molar-refractivity contribution in [1.29, 1.82) is 0 Å². The molecular weight excluding hydrogens is 228 g/mol. The van der Waals surface area contributed by atoms with Crippen molar-refractivity contribution >= 4 is 34.8 Å². The first-order chi connectivity index (χ1) is 6.06. The van der Waals surface area contributed by atoms with Crippen LogP contribution < -0.4 is 5.73 Å². The third-order valence-electron chi connectivity index (χ3n) is 1.63. The van der Waals surface area contributed by atoms with Crippen molar-refractivity contribution in [2.24, 2.45) is 5.73 Å². The highest BCUT2D eigenvalue weighted by Crippen LogP contribution is 2.32. The molecule has 1 atom stereocenters. The number of rotatable bonds is 2. The number of halogens is 3. The van der Waals surface area contributed by atoms with Crippen LogP contribution in [-0.4, -0.2) is 0 Å². The zero-order valence-electron chi connectivity index (χ0n) is 6.73. The highest BCUT2D eigenvalue weighted by atomic mass is 35.5. The monoisotopic (exact) mass is 235 g/mol. The van der Waals surface area contributed by atoms with Crippen molar-refractivity contribution in [2.45, 2.75) is 6.04 Å². The first-order valence-corrected chi connectivity index (χ1v) is 4.72. The summed E-state index contributed by atoms with van der Waals surface area (Å²) in [5.41, 5.74) is 6.40. The van der Waals surface area contributed by atoms with Crippen LogP contribution >= 0.6 is 34.8 Å². The van der Waals surface area contributed by atoms with E-state index < -0.39 is 0 Å². The Balaban J connectivity index is 3.27. The second-order valence-corrected chi connectivity index (χ2v) is 3.77. The van der Waals surface area contributed by atoms with Crippen LogP contribution in [0.5, 0.6) is 0 Å². The fourth-order valence-electron chi connectivity index (χ4n) is 0.945. The Morgan fingerprint density at radius 3 is 2.46 bits per heavy atom. The van der Waals surface area contributed by atoms with E-state index in [0.717, 1.165) is 0 Å². The number of hydrogen-bond donors (Lipinski definition) is 1. The zero-order valence-corrected chi connectivity index (χ0v) is 9.00. The van der Waals surface area contributed by atoms with E-state index in [2.05, 4.69) is 6.58 Å². The molecule has 0 amide bonds. The van der Waals surface area contributed by atoms with E-state index >= 15 is 0 Å². The Kier molecular flexibility index (Phi) is 3.63. The van der Waals surface area contributed by atoms with Gasteiger partial charge in [-0.1, -0.05) is 40.9 Å². The SMILES string of the molecule is C=CC(N)c1cc(Cl)cc(Cl)c1Cl. The zero-order chi connectivity index (χ0) is 10.0. The molecule has 4 heteroatoms. The molecule has 0 fully saturated rings. The minimum atomic E-state index is -0.344. The van der Waals surface area contributed by atoms with Gasteiger partial charge in [-0.15, -0.1) is 6.58 Å². The molecule has 1 rings (SSSR count). The maximum absolute atomic E-state index is 5.92. The van der Waals surface area contributed by atoms with Gasteiger partial charge in [0.05, 0.1) is 10.0 Å². The van der Waals surface area contributed by atoms with Crippen LogP contribution in [0.3, 0.4) is 0 Å². The predicted molar refractivity (Wildman–Crippen MR) is 58.6 cm³/mol. The summed E-state index contributed by atoms with van der Waals surface area (Å²) < 4.78 is 0. The van der Waals surface area contributed by atoms with Crippen molar-refractivity contribution < 1.29 is 0 Å². The van der Waals surface area contributed by atoms with Gasteiger partial charge in [-0.05, 0) is 17.7 Å². The van der Waals surface area contributed by atoms with Crippen molar-refractivity contribution in [1.82, 2.24) is 0 Å². The van der Waals surface area contributed by atoms with E-state index in [-0.39, 0.29) is 6.04 Å². The summed E-state index contributed by atoms with van der Waals surface area (Å²) in [7, 11) is 0. The van der Waals surface area contributed by atoms with Crippen molar-refractivity contribution in [3.63, 3.8) is 0 Å². The molecule has 0 aromatic heterocycles. The lowest BCUT2D eigenvalue weighted by Crippen LogP contribution is -2.07. The molecule has 0 radical (unpaired) electrons. The molecule has 0 heterocycles. The molecule has 0 saturated heterocycles. The molecule has 0 aliphatic rings. The summed E-state index contributed by atoms with van der Waals surface area (Å²) in [5, 5.41) is 1.35. The molecule has 1 nitrogen and oxygen atoms in total. The average Bonchev–Trinajstić information content (AvgIpc) is 2.10. The lowest BCUT2D eigenvalue weighted by Gasteiger charge is -2.10. The van der Waals surface area contributed by atoms with Crippen LogP contribution in [0.15, 0.2) is 24.8 Å². The molecule has 0 aliphatic carbocycles. The second kappa shape index (κ2) is 4.34. The summed E-state index contributed by atoms with van der Waals surface area (Å²) in [6, 6.07) is 2.91. The molecule has 0 aliphatic heterocycles. The molecule has 1 aromatic rings. The van der Waals surface area contributed by atoms with Crippen LogP contribution in [0, 0.1) is 0 Å². The third kappa shape index (κ3) is 2.38. The minimum absolute atomic E-state index is 0.344. The number of benzene rings is 1. The van der Waals surface area contributed by atoms with Crippen LogP contribution in [0.25, 0.3) is 0 Å². The Morgan fingerprint density at radius 2 is 1.92 bits per heavy atom. The summed E-state index contributed by atoms with van der Waals surface area (Å²) in [5.74, 6) is 0. The highest BCUT2D eigenvalue weighted by Gasteiger charge is 2.10. The van der Waals surface area contributed by atoms with Gasteiger partial charge in [-0.3, -0.25) is 0 Å². The normalized spacial score (nSPS) is 12.6. The third-order valence-corrected chi connectivity index (χ3v) is 2.67. The van der Waals surface area contributed by atoms with Crippen LogP contribution in [0.4, 0.5) is 0 Å². The van der Waals surface area contributed by atoms with E-state index in [0.29, 0.717) is 20.6 Å². The van der Waals surface area contributed by atoms with Crippen LogP contribution in [-0.2, 0) is 0 Å². The number of hydrogen-bond acceptors (Lipinski definition) is 1. The van der Waals surface area contributed by atoms with E-state index in [9.17, 15) is 0 Å². The summed E-state index contributed by atoms with van der Waals surface area (Å²) in [6.45, 7) is 3.57. The summed E-state index contributed by atoms with van der Waals surface area (Å²) in [4.78, 5) is 0. The Labute approximate surface area is 92.1 Å². The first-order valence-electron chi connectivity index (χ1n) is 3.59. The average molecular weight is 237 g/mol. The summed E-state index contributed by atoms with van der Waals surface area (Å²) >= 11 is 17.5. The molecule has 13 heavy (non-hydrogen) atoms. The fraction of sp³-hybridized carbons (Fsp3) is 0.111. The van der Waals surface area contributed by atoms with Gasteiger partial charge in [0, 0.05) is 11.1 Å². The van der Waals surface area contributed by atoms with Crippen molar-refractivity contribution in [3.8, 4) is 0 Å². The maximum atomic E-state index is 5.92. The van der Waals surface area contributed by atoms with Crippen molar-refractivity contribution in [2.75, 3.05) is 0 Å². The number of nitrogens with two attached hydrogens (primary N) is 1. The van der Waals surface area contributed by atoms with Gasteiger partial charge in [0.25, 0.3) is 0 Å². The topological polar surface area (TPSA) is 26.0 Å². The second-order valence-electron chi connectivity index (χ2n) is 2.55. The van der Waals surface area contributed by atoms with Gasteiger partial charge >= 0.3 is 0 Å². The molecule has 0 bridgehead atoms. The van der Waals surface area contributed by atoms with Crippen LogP contribution in [0.2, 0.25) is 15.1 Å². The standard InChI is InChI=1S/C9H8Cl3N/c1-2-8(13)6-3-5(10)4-7(11)9(6)12/h2-4,8H,1,13H2. The fourth-order valence-corrected chi connectivity index (χ4v) is 1.69. The van der Waals surface area contributed by atoms with E-state index in [1.54, 1.807) is 18.2 Å². The molecule has 1 unspecified atom stereocenters. The van der Waals surface area contributed by atoms with Gasteiger partial charge < -0.3 is 5.73 Å². The largest absolute Gasteiger partial charge is 0.321 e.